The molecule has 1 saturated carbocycles. The summed E-state index contributed by atoms with van der Waals surface area (Å²) in [6, 6.07) is 7.99. The molecule has 0 saturated heterocycles. The van der Waals surface area contributed by atoms with Gasteiger partial charge in [-0.05, 0) is 49.3 Å². The standard InChI is InChI=1S/C15H20BrN/c16-13-9-3-5-11-6-4-10-14(15(11)13)17-12-7-1-2-8-12/h3,5,9,12,14,17H,1-2,4,6-8,10H2. The molecule has 92 valence electrons. The van der Waals surface area contributed by atoms with Crippen molar-refractivity contribution in [3.8, 4) is 0 Å². The second-order valence-corrected chi connectivity index (χ2v) is 6.26. The second-order valence-electron chi connectivity index (χ2n) is 5.41. The Morgan fingerprint density at radius 1 is 1.06 bits per heavy atom. The topological polar surface area (TPSA) is 12.0 Å². The van der Waals surface area contributed by atoms with E-state index in [0.29, 0.717) is 6.04 Å². The van der Waals surface area contributed by atoms with E-state index in [2.05, 4.69) is 39.4 Å². The Morgan fingerprint density at radius 3 is 2.71 bits per heavy atom. The third-order valence-electron chi connectivity index (χ3n) is 4.22. The molecular formula is C15H20BrN. The maximum absolute atomic E-state index is 3.88. The molecule has 1 fully saturated rings. The highest BCUT2D eigenvalue weighted by atomic mass is 79.9. The molecule has 1 aromatic rings. The van der Waals surface area contributed by atoms with Gasteiger partial charge in [-0.2, -0.15) is 0 Å². The molecular weight excluding hydrogens is 274 g/mol. The van der Waals surface area contributed by atoms with Gasteiger partial charge in [0.15, 0.2) is 0 Å². The molecule has 1 atom stereocenters. The van der Waals surface area contributed by atoms with Gasteiger partial charge in [0, 0.05) is 16.6 Å². The predicted octanol–water partition coefficient (Wildman–Crippen LogP) is 4.36. The van der Waals surface area contributed by atoms with E-state index in [1.165, 1.54) is 55.0 Å². The van der Waals surface area contributed by atoms with Gasteiger partial charge < -0.3 is 5.32 Å². The molecule has 0 radical (unpaired) electrons. The van der Waals surface area contributed by atoms with Gasteiger partial charge in [0.1, 0.15) is 0 Å². The first-order valence-electron chi connectivity index (χ1n) is 6.88. The van der Waals surface area contributed by atoms with Gasteiger partial charge in [-0.25, -0.2) is 0 Å². The summed E-state index contributed by atoms with van der Waals surface area (Å²) < 4.78 is 1.30. The first-order valence-corrected chi connectivity index (χ1v) is 7.67. The molecule has 3 rings (SSSR count). The van der Waals surface area contributed by atoms with Gasteiger partial charge in [0.2, 0.25) is 0 Å². The van der Waals surface area contributed by atoms with Crippen LogP contribution in [0.15, 0.2) is 22.7 Å². The van der Waals surface area contributed by atoms with E-state index in [4.69, 9.17) is 0 Å². The predicted molar refractivity (Wildman–Crippen MR) is 75.2 cm³/mol. The van der Waals surface area contributed by atoms with Crippen molar-refractivity contribution >= 4 is 15.9 Å². The highest BCUT2D eigenvalue weighted by Gasteiger charge is 2.25. The quantitative estimate of drug-likeness (QED) is 0.854. The first kappa shape index (κ1) is 11.7. The maximum atomic E-state index is 3.88. The zero-order chi connectivity index (χ0) is 11.7. The van der Waals surface area contributed by atoms with Crippen LogP contribution in [-0.4, -0.2) is 6.04 Å². The van der Waals surface area contributed by atoms with Crippen LogP contribution in [0.25, 0.3) is 0 Å². The fourth-order valence-corrected chi connectivity index (χ4v) is 4.06. The molecule has 1 unspecified atom stereocenters. The van der Waals surface area contributed by atoms with Crippen molar-refractivity contribution in [2.24, 2.45) is 0 Å². The fraction of sp³-hybridized carbons (Fsp3) is 0.600. The van der Waals surface area contributed by atoms with Crippen LogP contribution >= 0.6 is 15.9 Å². The van der Waals surface area contributed by atoms with E-state index in [0.717, 1.165) is 6.04 Å². The van der Waals surface area contributed by atoms with E-state index in [9.17, 15) is 0 Å². The Hall–Kier alpha value is -0.340. The molecule has 2 aliphatic carbocycles. The summed E-state index contributed by atoms with van der Waals surface area (Å²) in [6.45, 7) is 0. The average molecular weight is 294 g/mol. The normalized spacial score (nSPS) is 24.9. The maximum Gasteiger partial charge on any atom is 0.0336 e. The Bertz CT molecular complexity index is 396. The van der Waals surface area contributed by atoms with E-state index in [1.54, 1.807) is 5.56 Å². The van der Waals surface area contributed by atoms with Crippen molar-refractivity contribution in [3.63, 3.8) is 0 Å². The second kappa shape index (κ2) is 5.11. The number of benzene rings is 1. The summed E-state index contributed by atoms with van der Waals surface area (Å²) in [4.78, 5) is 0. The van der Waals surface area contributed by atoms with Gasteiger partial charge in [0.25, 0.3) is 0 Å². The summed E-state index contributed by atoms with van der Waals surface area (Å²) >= 11 is 3.73. The van der Waals surface area contributed by atoms with Crippen LogP contribution in [0.4, 0.5) is 0 Å². The van der Waals surface area contributed by atoms with Crippen LogP contribution in [0.3, 0.4) is 0 Å². The van der Waals surface area contributed by atoms with Crippen LogP contribution in [-0.2, 0) is 6.42 Å². The average Bonchev–Trinajstić information content (AvgIpc) is 2.82. The summed E-state index contributed by atoms with van der Waals surface area (Å²) in [6.07, 6.45) is 9.44. The molecule has 1 nitrogen and oxygen atoms in total. The molecule has 0 aromatic heterocycles. The number of hydrogen-bond acceptors (Lipinski definition) is 1. The highest BCUT2D eigenvalue weighted by Crippen LogP contribution is 2.36. The SMILES string of the molecule is Brc1cccc2c1C(NC1CCCC1)CCC2. The third kappa shape index (κ3) is 2.43. The van der Waals surface area contributed by atoms with Gasteiger partial charge in [-0.15, -0.1) is 0 Å². The van der Waals surface area contributed by atoms with E-state index in [1.807, 2.05) is 0 Å². The van der Waals surface area contributed by atoms with Crippen LogP contribution in [0.2, 0.25) is 0 Å². The minimum absolute atomic E-state index is 0.581. The van der Waals surface area contributed by atoms with Crippen molar-refractivity contribution < 1.29 is 0 Å². The largest absolute Gasteiger partial charge is 0.307 e. The minimum Gasteiger partial charge on any atom is -0.307 e. The van der Waals surface area contributed by atoms with Crippen LogP contribution in [0.5, 0.6) is 0 Å². The molecule has 0 heterocycles. The lowest BCUT2D eigenvalue weighted by molar-refractivity contribution is 0.396. The monoisotopic (exact) mass is 293 g/mol. The molecule has 1 aromatic carbocycles. The van der Waals surface area contributed by atoms with Gasteiger partial charge >= 0.3 is 0 Å². The van der Waals surface area contributed by atoms with Gasteiger partial charge in [-0.3, -0.25) is 0 Å². The lowest BCUT2D eigenvalue weighted by Crippen LogP contribution is -2.33. The molecule has 1 N–H and O–H groups in total. The van der Waals surface area contributed by atoms with Gasteiger partial charge in [0.05, 0.1) is 0 Å². The Balaban J connectivity index is 1.83. The Morgan fingerprint density at radius 2 is 1.88 bits per heavy atom. The van der Waals surface area contributed by atoms with Crippen LogP contribution in [0.1, 0.15) is 55.7 Å². The van der Waals surface area contributed by atoms with Gasteiger partial charge in [-0.1, -0.05) is 40.9 Å². The number of rotatable bonds is 2. The molecule has 2 heteroatoms. The molecule has 2 aliphatic rings. The zero-order valence-electron chi connectivity index (χ0n) is 10.2. The van der Waals surface area contributed by atoms with Crippen molar-refractivity contribution in [2.75, 3.05) is 0 Å². The summed E-state index contributed by atoms with van der Waals surface area (Å²) in [5, 5.41) is 3.88. The van der Waals surface area contributed by atoms with Crippen LogP contribution < -0.4 is 5.32 Å². The number of hydrogen-bond donors (Lipinski definition) is 1. The summed E-state index contributed by atoms with van der Waals surface area (Å²) in [5.74, 6) is 0. The number of halogens is 1. The summed E-state index contributed by atoms with van der Waals surface area (Å²) in [5.41, 5.74) is 3.08. The number of fused-ring (bicyclic) bond motifs is 1. The van der Waals surface area contributed by atoms with Crippen molar-refractivity contribution in [3.05, 3.63) is 33.8 Å². The summed E-state index contributed by atoms with van der Waals surface area (Å²) in [7, 11) is 0. The molecule has 0 aliphatic heterocycles. The van der Waals surface area contributed by atoms with Crippen molar-refractivity contribution in [1.82, 2.24) is 5.32 Å². The van der Waals surface area contributed by atoms with Crippen molar-refractivity contribution in [1.29, 1.82) is 0 Å². The van der Waals surface area contributed by atoms with E-state index < -0.39 is 0 Å². The Labute approximate surface area is 112 Å². The number of nitrogens with one attached hydrogen (secondary N) is 1. The highest BCUT2D eigenvalue weighted by molar-refractivity contribution is 9.10. The molecule has 0 bridgehead atoms. The molecule has 0 spiro atoms. The first-order chi connectivity index (χ1) is 8.34. The Kier molecular flexibility index (Phi) is 3.53. The minimum atomic E-state index is 0.581. The van der Waals surface area contributed by atoms with E-state index in [-0.39, 0.29) is 0 Å². The zero-order valence-corrected chi connectivity index (χ0v) is 11.8. The molecule has 17 heavy (non-hydrogen) atoms. The lowest BCUT2D eigenvalue weighted by Gasteiger charge is -2.30. The molecule has 0 amide bonds. The lowest BCUT2D eigenvalue weighted by atomic mass is 9.87. The smallest absolute Gasteiger partial charge is 0.0336 e. The van der Waals surface area contributed by atoms with E-state index >= 15 is 0 Å². The number of aryl methyl sites for hydroxylation is 1. The third-order valence-corrected chi connectivity index (χ3v) is 4.91. The van der Waals surface area contributed by atoms with Crippen LogP contribution in [0, 0.1) is 0 Å². The fourth-order valence-electron chi connectivity index (χ4n) is 3.37. The van der Waals surface area contributed by atoms with Crippen molar-refractivity contribution in [2.45, 2.75) is 57.0 Å².